The van der Waals surface area contributed by atoms with Crippen molar-refractivity contribution in [1.82, 2.24) is 4.98 Å². The molecule has 1 heterocycles. The zero-order valence-electron chi connectivity index (χ0n) is 14.3. The van der Waals surface area contributed by atoms with E-state index in [9.17, 15) is 9.59 Å². The van der Waals surface area contributed by atoms with E-state index in [1.165, 1.54) is 0 Å². The van der Waals surface area contributed by atoms with E-state index in [0.717, 1.165) is 17.1 Å². The van der Waals surface area contributed by atoms with Crippen molar-refractivity contribution in [1.29, 1.82) is 0 Å². The minimum absolute atomic E-state index is 0.165. The Morgan fingerprint density at radius 2 is 1.72 bits per heavy atom. The van der Waals surface area contributed by atoms with Crippen LogP contribution in [-0.4, -0.2) is 36.7 Å². The summed E-state index contributed by atoms with van der Waals surface area (Å²) in [4.78, 5) is 28.2. The van der Waals surface area contributed by atoms with Gasteiger partial charge in [0, 0.05) is 0 Å². The first-order valence-corrected chi connectivity index (χ1v) is 8.65. The summed E-state index contributed by atoms with van der Waals surface area (Å²) in [6, 6.07) is 6.99. The van der Waals surface area contributed by atoms with Crippen LogP contribution in [0.4, 0.5) is 5.13 Å². The number of thiazole rings is 1. The van der Waals surface area contributed by atoms with E-state index in [1.807, 2.05) is 6.92 Å². The molecule has 1 aromatic carbocycles. The first-order chi connectivity index (χ1) is 12.0. The van der Waals surface area contributed by atoms with Crippen LogP contribution in [0, 0.1) is 6.92 Å². The molecule has 134 valence electrons. The zero-order chi connectivity index (χ0) is 18.2. The molecule has 0 fully saturated rings. The number of carbonyl (C=O) groups excluding carboxylic acids is 2. The minimum atomic E-state index is -0.441. The molecule has 2 rings (SSSR count). The number of aromatic nitrogens is 1. The molecule has 0 unspecified atom stereocenters. The van der Waals surface area contributed by atoms with E-state index in [-0.39, 0.29) is 19.1 Å². The van der Waals surface area contributed by atoms with E-state index in [2.05, 4.69) is 10.3 Å². The smallest absolute Gasteiger partial charge is 0.350 e. The molecule has 0 aliphatic heterocycles. The van der Waals surface area contributed by atoms with Crippen molar-refractivity contribution in [3.8, 4) is 11.5 Å². The van der Waals surface area contributed by atoms with E-state index >= 15 is 0 Å². The van der Waals surface area contributed by atoms with E-state index < -0.39 is 5.97 Å². The standard InChI is InChI=1S/C17H20N2O5S/c1-4-22-12-6-8-13(9-7-12)24-10-14(20)19-17-18-11(3)15(25-17)16(21)23-5-2/h6-9H,4-5,10H2,1-3H3,(H,18,19,20). The number of nitrogens with one attached hydrogen (secondary N) is 1. The second-order valence-corrected chi connectivity index (χ2v) is 5.89. The second kappa shape index (κ2) is 9.03. The molecule has 8 heteroatoms. The topological polar surface area (TPSA) is 86.8 Å². The molecule has 7 nitrogen and oxygen atoms in total. The summed E-state index contributed by atoms with van der Waals surface area (Å²) < 4.78 is 15.7. The third kappa shape index (κ3) is 5.46. The van der Waals surface area contributed by atoms with E-state index in [1.54, 1.807) is 38.1 Å². The number of anilines is 1. The summed E-state index contributed by atoms with van der Waals surface area (Å²) in [5.41, 5.74) is 0.520. The summed E-state index contributed by atoms with van der Waals surface area (Å²) in [6.45, 7) is 6.03. The van der Waals surface area contributed by atoms with Gasteiger partial charge in [0.1, 0.15) is 16.4 Å². The Kier molecular flexibility index (Phi) is 6.76. The Morgan fingerprint density at radius 3 is 2.32 bits per heavy atom. The molecule has 2 aromatic rings. The Hall–Kier alpha value is -2.61. The number of amides is 1. The highest BCUT2D eigenvalue weighted by Gasteiger charge is 2.17. The lowest BCUT2D eigenvalue weighted by atomic mass is 10.3. The molecule has 0 radical (unpaired) electrons. The summed E-state index contributed by atoms with van der Waals surface area (Å²) in [5, 5.41) is 2.95. The van der Waals surface area contributed by atoms with Crippen molar-refractivity contribution in [2.24, 2.45) is 0 Å². The number of carbonyl (C=O) groups is 2. The van der Waals surface area contributed by atoms with Crippen LogP contribution < -0.4 is 14.8 Å². The number of rotatable bonds is 8. The van der Waals surface area contributed by atoms with Gasteiger partial charge in [0.25, 0.3) is 5.91 Å². The second-order valence-electron chi connectivity index (χ2n) is 4.90. The maximum Gasteiger partial charge on any atom is 0.350 e. The van der Waals surface area contributed by atoms with Crippen molar-refractivity contribution in [3.05, 3.63) is 34.8 Å². The van der Waals surface area contributed by atoms with Crippen LogP contribution in [0.2, 0.25) is 0 Å². The molecule has 0 saturated carbocycles. The van der Waals surface area contributed by atoms with Crippen LogP contribution in [0.3, 0.4) is 0 Å². The number of ether oxygens (including phenoxy) is 3. The zero-order valence-corrected chi connectivity index (χ0v) is 15.1. The van der Waals surface area contributed by atoms with Crippen LogP contribution >= 0.6 is 11.3 Å². The molecular weight excluding hydrogens is 344 g/mol. The average Bonchev–Trinajstić information content (AvgIpc) is 2.95. The number of aryl methyl sites for hydroxylation is 1. The number of nitrogens with zero attached hydrogens (tertiary/aromatic N) is 1. The van der Waals surface area contributed by atoms with Crippen LogP contribution in [0.5, 0.6) is 11.5 Å². The van der Waals surface area contributed by atoms with Crippen molar-refractivity contribution < 1.29 is 23.8 Å². The van der Waals surface area contributed by atoms with Gasteiger partial charge < -0.3 is 14.2 Å². The third-order valence-electron chi connectivity index (χ3n) is 3.01. The summed E-state index contributed by atoms with van der Waals surface area (Å²) in [7, 11) is 0. The van der Waals surface area contributed by atoms with Crippen LogP contribution in [0.1, 0.15) is 29.2 Å². The van der Waals surface area contributed by atoms with Gasteiger partial charge in [-0.25, -0.2) is 9.78 Å². The maximum atomic E-state index is 12.0. The van der Waals surface area contributed by atoms with Gasteiger partial charge in [0.2, 0.25) is 0 Å². The lowest BCUT2D eigenvalue weighted by Gasteiger charge is -2.07. The third-order valence-corrected chi connectivity index (χ3v) is 4.06. The normalized spacial score (nSPS) is 10.2. The fraction of sp³-hybridized carbons (Fsp3) is 0.353. The highest BCUT2D eigenvalue weighted by atomic mass is 32.1. The van der Waals surface area contributed by atoms with E-state index in [0.29, 0.717) is 28.1 Å². The van der Waals surface area contributed by atoms with Gasteiger partial charge in [0.15, 0.2) is 11.7 Å². The fourth-order valence-corrected chi connectivity index (χ4v) is 2.82. The summed E-state index contributed by atoms with van der Waals surface area (Å²) in [5.74, 6) is 0.492. The van der Waals surface area contributed by atoms with Crippen LogP contribution in [-0.2, 0) is 9.53 Å². The molecule has 25 heavy (non-hydrogen) atoms. The summed E-state index contributed by atoms with van der Waals surface area (Å²) >= 11 is 1.08. The van der Waals surface area contributed by atoms with Gasteiger partial charge in [-0.1, -0.05) is 11.3 Å². The van der Waals surface area contributed by atoms with Crippen molar-refractivity contribution in [2.45, 2.75) is 20.8 Å². The first kappa shape index (κ1) is 18.7. The monoisotopic (exact) mass is 364 g/mol. The average molecular weight is 364 g/mol. The predicted octanol–water partition coefficient (Wildman–Crippen LogP) is 3.04. The van der Waals surface area contributed by atoms with Gasteiger partial charge in [-0.15, -0.1) is 0 Å². The lowest BCUT2D eigenvalue weighted by Crippen LogP contribution is -2.20. The largest absolute Gasteiger partial charge is 0.494 e. The molecule has 1 N–H and O–H groups in total. The Balaban J connectivity index is 1.88. The number of esters is 1. The molecule has 1 aromatic heterocycles. The Morgan fingerprint density at radius 1 is 1.08 bits per heavy atom. The highest BCUT2D eigenvalue weighted by Crippen LogP contribution is 2.23. The molecule has 0 atom stereocenters. The lowest BCUT2D eigenvalue weighted by molar-refractivity contribution is -0.118. The predicted molar refractivity (Wildman–Crippen MR) is 94.5 cm³/mol. The van der Waals surface area contributed by atoms with Gasteiger partial charge in [-0.05, 0) is 45.0 Å². The highest BCUT2D eigenvalue weighted by molar-refractivity contribution is 7.17. The SMILES string of the molecule is CCOC(=O)c1sc(NC(=O)COc2ccc(OCC)cc2)nc1C. The van der Waals surface area contributed by atoms with Gasteiger partial charge in [-0.2, -0.15) is 0 Å². The molecule has 0 aliphatic carbocycles. The van der Waals surface area contributed by atoms with Crippen molar-refractivity contribution in [2.75, 3.05) is 25.1 Å². The van der Waals surface area contributed by atoms with Gasteiger partial charge in [-0.3, -0.25) is 10.1 Å². The van der Waals surface area contributed by atoms with Gasteiger partial charge in [0.05, 0.1) is 18.9 Å². The number of benzene rings is 1. The molecule has 0 bridgehead atoms. The van der Waals surface area contributed by atoms with E-state index in [4.69, 9.17) is 14.2 Å². The van der Waals surface area contributed by atoms with Crippen LogP contribution in [0.25, 0.3) is 0 Å². The van der Waals surface area contributed by atoms with Crippen molar-refractivity contribution in [3.63, 3.8) is 0 Å². The molecule has 0 saturated heterocycles. The molecule has 0 spiro atoms. The van der Waals surface area contributed by atoms with Gasteiger partial charge >= 0.3 is 5.97 Å². The first-order valence-electron chi connectivity index (χ1n) is 7.83. The van der Waals surface area contributed by atoms with Crippen LogP contribution in [0.15, 0.2) is 24.3 Å². The fourth-order valence-electron chi connectivity index (χ4n) is 1.94. The molecule has 0 aliphatic rings. The van der Waals surface area contributed by atoms with Crippen molar-refractivity contribution >= 4 is 28.3 Å². The molecular formula is C17H20N2O5S. The minimum Gasteiger partial charge on any atom is -0.494 e. The summed E-state index contributed by atoms with van der Waals surface area (Å²) in [6.07, 6.45) is 0. The molecule has 1 amide bonds. The number of hydrogen-bond donors (Lipinski definition) is 1. The Bertz CT molecular complexity index is 727. The number of hydrogen-bond acceptors (Lipinski definition) is 7. The Labute approximate surface area is 149 Å². The quantitative estimate of drug-likeness (QED) is 0.725. The maximum absolute atomic E-state index is 12.0.